The Labute approximate surface area is 150 Å². The highest BCUT2D eigenvalue weighted by Gasteiger charge is 2.47. The number of Topliss-reactive ketones (excluding diaryl/α,β-unsaturated/α-hetero) is 1. The lowest BCUT2D eigenvalue weighted by Gasteiger charge is -2.51. The molecule has 1 aromatic carbocycles. The van der Waals surface area contributed by atoms with Crippen molar-refractivity contribution in [3.8, 4) is 0 Å². The standard InChI is InChI=1S/C18H22BrNO4/c1-17(2)9-12(21)10-18(3,4)20(17)15(22)11-24-16(23)13-7-5-6-8-14(13)19/h5-8H,9-11H2,1-4H3. The maximum atomic E-state index is 12.7. The summed E-state index contributed by atoms with van der Waals surface area (Å²) in [5, 5.41) is 0. The first-order valence-corrected chi connectivity index (χ1v) is 8.60. The van der Waals surface area contributed by atoms with E-state index in [2.05, 4.69) is 15.9 Å². The van der Waals surface area contributed by atoms with Gasteiger partial charge in [0.1, 0.15) is 5.78 Å². The van der Waals surface area contributed by atoms with Gasteiger partial charge < -0.3 is 9.64 Å². The summed E-state index contributed by atoms with van der Waals surface area (Å²) in [6.45, 7) is 7.10. The molecule has 24 heavy (non-hydrogen) atoms. The number of ketones is 1. The van der Waals surface area contributed by atoms with Crippen LogP contribution in [0.2, 0.25) is 0 Å². The van der Waals surface area contributed by atoms with Gasteiger partial charge in [-0.15, -0.1) is 0 Å². The third kappa shape index (κ3) is 3.86. The van der Waals surface area contributed by atoms with E-state index in [0.29, 0.717) is 22.9 Å². The quantitative estimate of drug-likeness (QED) is 0.736. The summed E-state index contributed by atoms with van der Waals surface area (Å²) in [6.07, 6.45) is 0.612. The minimum Gasteiger partial charge on any atom is -0.452 e. The van der Waals surface area contributed by atoms with Crippen molar-refractivity contribution in [3.63, 3.8) is 0 Å². The molecule has 2 rings (SSSR count). The SMILES string of the molecule is CC1(C)CC(=O)CC(C)(C)N1C(=O)COC(=O)c1ccccc1Br. The highest BCUT2D eigenvalue weighted by atomic mass is 79.9. The van der Waals surface area contributed by atoms with Gasteiger partial charge in [0.05, 0.1) is 5.56 Å². The normalized spacial score (nSPS) is 19.0. The molecule has 0 saturated carbocycles. The molecule has 0 spiro atoms. The van der Waals surface area contributed by atoms with Crippen LogP contribution in [0, 0.1) is 0 Å². The van der Waals surface area contributed by atoms with Gasteiger partial charge in [-0.05, 0) is 55.8 Å². The first-order valence-electron chi connectivity index (χ1n) is 7.81. The summed E-state index contributed by atoms with van der Waals surface area (Å²) in [5.41, 5.74) is -0.830. The Morgan fingerprint density at radius 1 is 1.12 bits per heavy atom. The molecule has 0 aromatic heterocycles. The zero-order chi connectivity index (χ0) is 18.1. The van der Waals surface area contributed by atoms with Crippen LogP contribution >= 0.6 is 15.9 Å². The Morgan fingerprint density at radius 2 is 1.67 bits per heavy atom. The van der Waals surface area contributed by atoms with Gasteiger partial charge in [0.15, 0.2) is 6.61 Å². The second kappa shape index (κ2) is 6.67. The summed E-state index contributed by atoms with van der Waals surface area (Å²) >= 11 is 3.29. The van der Waals surface area contributed by atoms with E-state index in [1.807, 2.05) is 27.7 Å². The van der Waals surface area contributed by atoms with Crippen LogP contribution in [0.4, 0.5) is 0 Å². The van der Waals surface area contributed by atoms with Crippen LogP contribution < -0.4 is 0 Å². The van der Waals surface area contributed by atoms with E-state index in [1.54, 1.807) is 29.2 Å². The van der Waals surface area contributed by atoms with Gasteiger partial charge in [0.25, 0.3) is 5.91 Å². The number of esters is 1. The van der Waals surface area contributed by atoms with Gasteiger partial charge in [-0.2, -0.15) is 0 Å². The molecule has 5 nitrogen and oxygen atoms in total. The first kappa shape index (κ1) is 18.6. The van der Waals surface area contributed by atoms with E-state index in [4.69, 9.17) is 4.74 Å². The van der Waals surface area contributed by atoms with E-state index >= 15 is 0 Å². The van der Waals surface area contributed by atoms with Gasteiger partial charge in [-0.3, -0.25) is 9.59 Å². The highest BCUT2D eigenvalue weighted by Crippen LogP contribution is 2.36. The Hall–Kier alpha value is -1.69. The zero-order valence-electron chi connectivity index (χ0n) is 14.4. The molecule has 130 valence electrons. The number of halogens is 1. The molecule has 0 N–H and O–H groups in total. The number of amides is 1. The molecule has 0 radical (unpaired) electrons. The third-order valence-electron chi connectivity index (χ3n) is 4.14. The summed E-state index contributed by atoms with van der Waals surface area (Å²) < 4.78 is 5.81. The van der Waals surface area contributed by atoms with Crippen LogP contribution in [-0.2, 0) is 14.3 Å². The monoisotopic (exact) mass is 395 g/mol. The molecule has 0 aliphatic carbocycles. The van der Waals surface area contributed by atoms with Crippen LogP contribution in [0.15, 0.2) is 28.7 Å². The molecule has 0 bridgehead atoms. The Kier molecular flexibility index (Phi) is 5.18. The Balaban J connectivity index is 2.10. The van der Waals surface area contributed by atoms with Gasteiger partial charge >= 0.3 is 5.97 Å². The van der Waals surface area contributed by atoms with Crippen LogP contribution in [-0.4, -0.2) is 40.2 Å². The summed E-state index contributed by atoms with van der Waals surface area (Å²) in [7, 11) is 0. The third-order valence-corrected chi connectivity index (χ3v) is 4.83. The Morgan fingerprint density at radius 3 is 2.21 bits per heavy atom. The lowest BCUT2D eigenvalue weighted by atomic mass is 9.79. The number of hydrogen-bond donors (Lipinski definition) is 0. The molecule has 1 saturated heterocycles. The van der Waals surface area contributed by atoms with Crippen molar-refractivity contribution >= 4 is 33.6 Å². The minimum absolute atomic E-state index is 0.138. The molecular formula is C18H22BrNO4. The number of piperidine rings is 1. The van der Waals surface area contributed by atoms with Crippen molar-refractivity contribution in [1.29, 1.82) is 0 Å². The van der Waals surface area contributed by atoms with E-state index < -0.39 is 17.0 Å². The topological polar surface area (TPSA) is 63.7 Å². The Bertz CT molecular complexity index is 661. The summed E-state index contributed by atoms with van der Waals surface area (Å²) in [5.74, 6) is -0.711. The lowest BCUT2D eigenvalue weighted by molar-refractivity contribution is -0.156. The molecule has 1 heterocycles. The molecule has 0 atom stereocenters. The molecule has 6 heteroatoms. The molecule has 1 aliphatic rings. The van der Waals surface area contributed by atoms with Gasteiger partial charge in [-0.1, -0.05) is 12.1 Å². The minimum atomic E-state index is -0.602. The van der Waals surface area contributed by atoms with Crippen molar-refractivity contribution in [2.75, 3.05) is 6.61 Å². The molecule has 1 aliphatic heterocycles. The number of carbonyl (C=O) groups excluding carboxylic acids is 3. The second-order valence-corrected chi connectivity index (χ2v) is 8.16. The second-order valence-electron chi connectivity index (χ2n) is 7.30. The molecule has 1 aromatic rings. The van der Waals surface area contributed by atoms with E-state index in [-0.39, 0.29) is 18.3 Å². The van der Waals surface area contributed by atoms with Gasteiger partial charge in [-0.25, -0.2) is 4.79 Å². The highest BCUT2D eigenvalue weighted by molar-refractivity contribution is 9.10. The van der Waals surface area contributed by atoms with Crippen molar-refractivity contribution in [3.05, 3.63) is 34.3 Å². The number of carbonyl (C=O) groups is 3. The van der Waals surface area contributed by atoms with E-state index in [9.17, 15) is 14.4 Å². The maximum Gasteiger partial charge on any atom is 0.339 e. The fourth-order valence-corrected chi connectivity index (χ4v) is 4.02. The number of hydrogen-bond acceptors (Lipinski definition) is 4. The van der Waals surface area contributed by atoms with Crippen molar-refractivity contribution < 1.29 is 19.1 Å². The fraction of sp³-hybridized carbons (Fsp3) is 0.500. The number of nitrogens with zero attached hydrogens (tertiary/aromatic N) is 1. The molecule has 1 fully saturated rings. The lowest BCUT2D eigenvalue weighted by Crippen LogP contribution is -2.63. The van der Waals surface area contributed by atoms with E-state index in [1.165, 1.54) is 0 Å². The molecule has 1 amide bonds. The van der Waals surface area contributed by atoms with Crippen LogP contribution in [0.3, 0.4) is 0 Å². The van der Waals surface area contributed by atoms with Gasteiger partial charge in [0, 0.05) is 28.4 Å². The molecular weight excluding hydrogens is 374 g/mol. The number of rotatable bonds is 3. The fourth-order valence-electron chi connectivity index (χ4n) is 3.58. The summed E-state index contributed by atoms with van der Waals surface area (Å²) in [4.78, 5) is 38.4. The van der Waals surface area contributed by atoms with Gasteiger partial charge in [0.2, 0.25) is 0 Å². The number of likely N-dealkylation sites (tertiary alicyclic amines) is 1. The van der Waals surface area contributed by atoms with Crippen molar-refractivity contribution in [1.82, 2.24) is 4.90 Å². The van der Waals surface area contributed by atoms with Crippen molar-refractivity contribution in [2.24, 2.45) is 0 Å². The predicted molar refractivity (Wildman–Crippen MR) is 93.7 cm³/mol. The maximum absolute atomic E-state index is 12.7. The number of benzene rings is 1. The average Bonchev–Trinajstić information content (AvgIpc) is 2.42. The van der Waals surface area contributed by atoms with Crippen molar-refractivity contribution in [2.45, 2.75) is 51.6 Å². The largest absolute Gasteiger partial charge is 0.452 e. The van der Waals surface area contributed by atoms with Crippen LogP contribution in [0.5, 0.6) is 0 Å². The average molecular weight is 396 g/mol. The predicted octanol–water partition coefficient (Wildman–Crippen LogP) is 3.35. The zero-order valence-corrected chi connectivity index (χ0v) is 16.0. The van der Waals surface area contributed by atoms with Crippen LogP contribution in [0.1, 0.15) is 50.9 Å². The number of ether oxygens (including phenoxy) is 1. The smallest absolute Gasteiger partial charge is 0.339 e. The summed E-state index contributed by atoms with van der Waals surface area (Å²) in [6, 6.07) is 6.89. The van der Waals surface area contributed by atoms with Crippen LogP contribution in [0.25, 0.3) is 0 Å². The van der Waals surface area contributed by atoms with E-state index in [0.717, 1.165) is 0 Å². The first-order chi connectivity index (χ1) is 11.0. The molecule has 0 unspecified atom stereocenters.